The molecular formula is C17H21N5O2. The fourth-order valence-corrected chi connectivity index (χ4v) is 2.70. The smallest absolute Gasteiger partial charge is 0.244 e. The molecule has 0 aliphatic heterocycles. The number of carbonyl (C=O) groups excluding carboxylic acids is 1. The minimum atomic E-state index is -0.411. The first-order valence-electron chi connectivity index (χ1n) is 7.79. The summed E-state index contributed by atoms with van der Waals surface area (Å²) in [6, 6.07) is 7.22. The van der Waals surface area contributed by atoms with Crippen LogP contribution in [0.2, 0.25) is 0 Å². The highest BCUT2D eigenvalue weighted by Gasteiger charge is 2.19. The maximum Gasteiger partial charge on any atom is 0.244 e. The van der Waals surface area contributed by atoms with Crippen molar-refractivity contribution in [1.29, 1.82) is 0 Å². The quantitative estimate of drug-likeness (QED) is 0.777. The second-order valence-electron chi connectivity index (χ2n) is 5.76. The van der Waals surface area contributed by atoms with E-state index in [0.717, 1.165) is 28.0 Å². The van der Waals surface area contributed by atoms with Crippen LogP contribution in [0.4, 0.5) is 0 Å². The van der Waals surface area contributed by atoms with Gasteiger partial charge in [-0.05, 0) is 19.9 Å². The van der Waals surface area contributed by atoms with Crippen LogP contribution in [0.5, 0.6) is 5.75 Å². The van der Waals surface area contributed by atoms with Crippen LogP contribution in [0.15, 0.2) is 30.5 Å². The van der Waals surface area contributed by atoms with E-state index in [1.807, 2.05) is 51.4 Å². The van der Waals surface area contributed by atoms with Gasteiger partial charge in [0, 0.05) is 19.2 Å². The molecule has 7 heteroatoms. The Morgan fingerprint density at radius 1 is 1.33 bits per heavy atom. The second kappa shape index (κ2) is 6.35. The van der Waals surface area contributed by atoms with E-state index in [2.05, 4.69) is 15.5 Å². The van der Waals surface area contributed by atoms with Gasteiger partial charge in [-0.25, -0.2) is 0 Å². The number of benzene rings is 1. The number of ether oxygens (including phenoxy) is 1. The summed E-state index contributed by atoms with van der Waals surface area (Å²) in [7, 11) is 3.49. The molecule has 0 aliphatic rings. The van der Waals surface area contributed by atoms with Gasteiger partial charge < -0.3 is 10.1 Å². The fourth-order valence-electron chi connectivity index (χ4n) is 2.70. The van der Waals surface area contributed by atoms with Gasteiger partial charge in [-0.2, -0.15) is 10.2 Å². The fraction of sp³-hybridized carbons (Fsp3) is 0.353. The van der Waals surface area contributed by atoms with Crippen molar-refractivity contribution in [3.8, 4) is 5.75 Å². The topological polar surface area (TPSA) is 74.0 Å². The maximum atomic E-state index is 12.4. The molecule has 1 amide bonds. The van der Waals surface area contributed by atoms with Gasteiger partial charge in [-0.3, -0.25) is 14.2 Å². The van der Waals surface area contributed by atoms with Crippen LogP contribution in [-0.2, 0) is 18.4 Å². The first-order valence-corrected chi connectivity index (χ1v) is 7.79. The molecule has 1 N–H and O–H groups in total. The Morgan fingerprint density at radius 3 is 2.79 bits per heavy atom. The van der Waals surface area contributed by atoms with Gasteiger partial charge in [-0.1, -0.05) is 18.2 Å². The van der Waals surface area contributed by atoms with E-state index in [0.29, 0.717) is 6.54 Å². The van der Waals surface area contributed by atoms with Crippen LogP contribution in [0.1, 0.15) is 24.2 Å². The van der Waals surface area contributed by atoms with Gasteiger partial charge in [0.05, 0.1) is 19.0 Å². The average Bonchev–Trinajstić information content (AvgIpc) is 3.14. The van der Waals surface area contributed by atoms with Crippen molar-refractivity contribution in [2.45, 2.75) is 26.4 Å². The summed E-state index contributed by atoms with van der Waals surface area (Å²) in [4.78, 5) is 12.4. The lowest BCUT2D eigenvalue weighted by atomic mass is 10.2. The summed E-state index contributed by atoms with van der Waals surface area (Å²) >= 11 is 0. The van der Waals surface area contributed by atoms with Crippen molar-refractivity contribution in [1.82, 2.24) is 24.9 Å². The highest BCUT2D eigenvalue weighted by molar-refractivity contribution is 5.81. The molecule has 0 bridgehead atoms. The molecule has 0 saturated carbocycles. The second-order valence-corrected chi connectivity index (χ2v) is 5.76. The number of fused-ring (bicyclic) bond motifs is 1. The highest BCUT2D eigenvalue weighted by Crippen LogP contribution is 2.19. The molecule has 7 nitrogen and oxygen atoms in total. The summed E-state index contributed by atoms with van der Waals surface area (Å²) in [6.45, 7) is 4.15. The van der Waals surface area contributed by atoms with E-state index in [1.165, 1.54) is 0 Å². The molecule has 3 aromatic rings. The molecule has 0 fully saturated rings. The summed E-state index contributed by atoms with van der Waals surface area (Å²) in [5.41, 5.74) is 3.53. The van der Waals surface area contributed by atoms with Crippen LogP contribution in [0.25, 0.3) is 11.0 Å². The zero-order valence-electron chi connectivity index (χ0n) is 14.3. The van der Waals surface area contributed by atoms with Crippen molar-refractivity contribution < 1.29 is 9.53 Å². The van der Waals surface area contributed by atoms with Crippen LogP contribution >= 0.6 is 0 Å². The van der Waals surface area contributed by atoms with Gasteiger partial charge in [0.1, 0.15) is 22.8 Å². The Hall–Kier alpha value is -2.83. The van der Waals surface area contributed by atoms with Crippen molar-refractivity contribution in [3.63, 3.8) is 0 Å². The standard InChI is InChI=1S/C17H21N5O2/c1-11-16-14(21(3)19-11)10-22(20-16)12(2)17(23)18-9-13-7-5-6-8-15(13)24-4/h5-8,10,12H,9H2,1-4H3,(H,18,23)/t12-/m0/s1. The molecule has 3 rings (SSSR count). The van der Waals surface area contributed by atoms with Crippen LogP contribution in [0.3, 0.4) is 0 Å². The Bertz CT molecular complexity index is 846. The van der Waals surface area contributed by atoms with Crippen LogP contribution in [0, 0.1) is 6.92 Å². The van der Waals surface area contributed by atoms with E-state index in [9.17, 15) is 4.79 Å². The normalized spacial score (nSPS) is 12.3. The predicted octanol–water partition coefficient (Wildman–Crippen LogP) is 1.96. The van der Waals surface area contributed by atoms with Crippen molar-refractivity contribution in [2.75, 3.05) is 7.11 Å². The molecule has 2 heterocycles. The molecule has 0 radical (unpaired) electrons. The Labute approximate surface area is 140 Å². The first kappa shape index (κ1) is 16.0. The minimum absolute atomic E-state index is 0.0978. The van der Waals surface area contributed by atoms with Crippen LogP contribution in [-0.4, -0.2) is 32.6 Å². The van der Waals surface area contributed by atoms with Gasteiger partial charge in [0.25, 0.3) is 0 Å². The van der Waals surface area contributed by atoms with Crippen LogP contribution < -0.4 is 10.1 Å². The number of nitrogens with zero attached hydrogens (tertiary/aromatic N) is 4. The molecule has 0 aliphatic carbocycles. The van der Waals surface area contributed by atoms with E-state index in [-0.39, 0.29) is 5.91 Å². The van der Waals surface area contributed by atoms with Gasteiger partial charge >= 0.3 is 0 Å². The number of para-hydroxylation sites is 1. The Kier molecular flexibility index (Phi) is 4.24. The molecule has 2 aromatic heterocycles. The molecule has 1 atom stereocenters. The number of hydrogen-bond donors (Lipinski definition) is 1. The lowest BCUT2D eigenvalue weighted by molar-refractivity contribution is -0.124. The number of aromatic nitrogens is 4. The summed E-state index contributed by atoms with van der Waals surface area (Å²) < 4.78 is 8.75. The largest absolute Gasteiger partial charge is 0.496 e. The number of hydrogen-bond acceptors (Lipinski definition) is 4. The number of carbonyl (C=O) groups is 1. The minimum Gasteiger partial charge on any atom is -0.496 e. The summed E-state index contributed by atoms with van der Waals surface area (Å²) in [6.07, 6.45) is 1.85. The number of rotatable bonds is 5. The molecule has 0 saturated heterocycles. The lowest BCUT2D eigenvalue weighted by Crippen LogP contribution is -2.31. The van der Waals surface area contributed by atoms with Gasteiger partial charge in [0.2, 0.25) is 5.91 Å². The third kappa shape index (κ3) is 2.84. The summed E-state index contributed by atoms with van der Waals surface area (Å²) in [5, 5.41) is 11.7. The Balaban J connectivity index is 1.73. The third-order valence-electron chi connectivity index (χ3n) is 4.13. The zero-order valence-corrected chi connectivity index (χ0v) is 14.3. The average molecular weight is 327 g/mol. The SMILES string of the molecule is COc1ccccc1CNC(=O)[C@H](C)n1cc2c(n1)c(C)nn2C. The van der Waals surface area contributed by atoms with E-state index >= 15 is 0 Å². The van der Waals surface area contributed by atoms with E-state index < -0.39 is 6.04 Å². The Morgan fingerprint density at radius 2 is 2.08 bits per heavy atom. The van der Waals surface area contributed by atoms with E-state index in [1.54, 1.807) is 16.5 Å². The molecule has 126 valence electrons. The first-order chi connectivity index (χ1) is 11.5. The molecule has 0 spiro atoms. The van der Waals surface area contributed by atoms with Gasteiger partial charge in [-0.15, -0.1) is 0 Å². The number of amides is 1. The monoisotopic (exact) mass is 327 g/mol. The van der Waals surface area contributed by atoms with Crippen molar-refractivity contribution in [3.05, 3.63) is 41.7 Å². The number of nitrogens with one attached hydrogen (secondary N) is 1. The summed E-state index contributed by atoms with van der Waals surface area (Å²) in [5.74, 6) is 0.663. The molecular weight excluding hydrogens is 306 g/mol. The van der Waals surface area contributed by atoms with E-state index in [4.69, 9.17) is 4.74 Å². The number of methoxy groups -OCH3 is 1. The predicted molar refractivity (Wildman–Crippen MR) is 90.8 cm³/mol. The molecule has 1 aromatic carbocycles. The van der Waals surface area contributed by atoms with Crippen molar-refractivity contribution >= 4 is 16.9 Å². The zero-order chi connectivity index (χ0) is 17.3. The lowest BCUT2D eigenvalue weighted by Gasteiger charge is -2.14. The maximum absolute atomic E-state index is 12.4. The highest BCUT2D eigenvalue weighted by atomic mass is 16.5. The van der Waals surface area contributed by atoms with Crippen molar-refractivity contribution in [2.24, 2.45) is 7.05 Å². The number of aryl methyl sites for hydroxylation is 2. The third-order valence-corrected chi connectivity index (χ3v) is 4.13. The molecule has 24 heavy (non-hydrogen) atoms. The van der Waals surface area contributed by atoms with Gasteiger partial charge in [0.15, 0.2) is 0 Å². The molecule has 0 unspecified atom stereocenters.